The van der Waals surface area contributed by atoms with Gasteiger partial charge in [-0.05, 0) is 76.6 Å². The number of primary amides is 1. The number of anilines is 1. The fourth-order valence-electron chi connectivity index (χ4n) is 4.72. The smallest absolute Gasteiger partial charge is 0.407 e. The average Bonchev–Trinajstić information content (AvgIpc) is 3.06. The molecule has 8 N–H and O–H groups in total. The lowest BCUT2D eigenvalue weighted by Crippen LogP contribution is -2.56. The number of carboxylic acid groups (broad SMARTS) is 1. The van der Waals surface area contributed by atoms with Crippen LogP contribution in [0.2, 0.25) is 0 Å². The normalized spacial score (nSPS) is 12.6. The molecule has 0 aliphatic rings. The van der Waals surface area contributed by atoms with Gasteiger partial charge in [0, 0.05) is 31.5 Å². The van der Waals surface area contributed by atoms with E-state index in [0.29, 0.717) is 24.1 Å². The Hall–Kier alpha value is -5.67. The van der Waals surface area contributed by atoms with Gasteiger partial charge in [0.25, 0.3) is 0 Å². The Morgan fingerprint density at radius 3 is 2.04 bits per heavy atom. The first-order valence-electron chi connectivity index (χ1n) is 17.0. The van der Waals surface area contributed by atoms with Crippen LogP contribution < -0.4 is 32.3 Å². The molecule has 16 nitrogen and oxygen atoms in total. The van der Waals surface area contributed by atoms with Gasteiger partial charge in [-0.25, -0.2) is 9.59 Å². The monoisotopic (exact) mass is 726 g/mol. The van der Waals surface area contributed by atoms with Crippen LogP contribution in [0.3, 0.4) is 0 Å². The topological polar surface area (TPSA) is 244 Å². The van der Waals surface area contributed by atoms with Gasteiger partial charge in [0.1, 0.15) is 30.3 Å². The van der Waals surface area contributed by atoms with E-state index in [2.05, 4.69) is 26.6 Å². The number of aliphatic carboxylic acids is 1. The first kappa shape index (κ1) is 42.5. The minimum atomic E-state index is -1.14. The maximum Gasteiger partial charge on any atom is 0.407 e. The minimum absolute atomic E-state index is 0.0544. The molecule has 0 fully saturated rings. The van der Waals surface area contributed by atoms with Gasteiger partial charge in [0.2, 0.25) is 23.6 Å². The van der Waals surface area contributed by atoms with E-state index in [1.165, 1.54) is 6.92 Å². The lowest BCUT2D eigenvalue weighted by molar-refractivity contribution is -0.137. The van der Waals surface area contributed by atoms with Crippen molar-refractivity contribution in [3.05, 3.63) is 65.7 Å². The molecule has 284 valence electrons. The Morgan fingerprint density at radius 2 is 1.42 bits per heavy atom. The van der Waals surface area contributed by atoms with Gasteiger partial charge in [-0.2, -0.15) is 0 Å². The van der Waals surface area contributed by atoms with Crippen LogP contribution in [0.15, 0.2) is 54.6 Å². The highest BCUT2D eigenvalue weighted by molar-refractivity contribution is 5.99. The fraction of sp³-hybridized carbons (Fsp3) is 0.472. The number of rotatable bonds is 20. The predicted octanol–water partition coefficient (Wildman–Crippen LogP) is 2.89. The molecule has 0 unspecified atom stereocenters. The van der Waals surface area contributed by atoms with E-state index in [1.54, 1.807) is 75.4 Å². The van der Waals surface area contributed by atoms with Crippen LogP contribution >= 0.6 is 0 Å². The van der Waals surface area contributed by atoms with Crippen molar-refractivity contribution in [2.75, 3.05) is 11.9 Å². The number of benzene rings is 2. The van der Waals surface area contributed by atoms with E-state index in [9.17, 15) is 33.6 Å². The summed E-state index contributed by atoms with van der Waals surface area (Å²) in [6.45, 7) is 6.89. The molecule has 0 aliphatic heterocycles. The summed E-state index contributed by atoms with van der Waals surface area (Å²) in [4.78, 5) is 86.6. The number of carbonyl (C=O) groups is 7. The summed E-state index contributed by atoms with van der Waals surface area (Å²) >= 11 is 0. The summed E-state index contributed by atoms with van der Waals surface area (Å²) in [5.41, 5.74) is 6.11. The largest absolute Gasteiger partial charge is 0.481 e. The molecule has 2 aromatic rings. The van der Waals surface area contributed by atoms with Crippen LogP contribution in [0.4, 0.5) is 15.3 Å². The van der Waals surface area contributed by atoms with Crippen LogP contribution in [-0.2, 0) is 46.5 Å². The number of nitrogens with two attached hydrogens (primary N) is 1. The van der Waals surface area contributed by atoms with Crippen molar-refractivity contribution >= 4 is 47.5 Å². The zero-order valence-electron chi connectivity index (χ0n) is 30.0. The Balaban J connectivity index is 2.19. The van der Waals surface area contributed by atoms with Crippen LogP contribution in [0, 0.1) is 0 Å². The molecule has 0 bridgehead atoms. The van der Waals surface area contributed by atoms with E-state index in [-0.39, 0.29) is 45.3 Å². The molecule has 0 saturated carbocycles. The number of carboxylic acids is 1. The molecule has 0 heterocycles. The summed E-state index contributed by atoms with van der Waals surface area (Å²) in [5.74, 6) is -3.40. The summed E-state index contributed by atoms with van der Waals surface area (Å²) in [5, 5.41) is 22.2. The number of hydrogen-bond donors (Lipinski definition) is 7. The Bertz CT molecular complexity index is 1510. The van der Waals surface area contributed by atoms with Gasteiger partial charge < -0.3 is 46.9 Å². The van der Waals surface area contributed by atoms with Crippen molar-refractivity contribution in [3.63, 3.8) is 0 Å². The first-order chi connectivity index (χ1) is 24.5. The number of carbonyl (C=O) groups excluding carboxylic acids is 6. The molecule has 2 aromatic carbocycles. The number of alkyl carbamates (subject to hydrolysis) is 1. The summed E-state index contributed by atoms with van der Waals surface area (Å²) in [6, 6.07) is 12.1. The van der Waals surface area contributed by atoms with E-state index < -0.39 is 65.5 Å². The average molecular weight is 727 g/mol. The molecular weight excluding hydrogens is 676 g/mol. The molecule has 0 saturated heterocycles. The zero-order valence-corrected chi connectivity index (χ0v) is 30.0. The third-order valence-corrected chi connectivity index (χ3v) is 7.30. The minimum Gasteiger partial charge on any atom is -0.481 e. The van der Waals surface area contributed by atoms with Crippen molar-refractivity contribution in [1.29, 1.82) is 0 Å². The second kappa shape index (κ2) is 21.5. The van der Waals surface area contributed by atoms with Gasteiger partial charge in [0.15, 0.2) is 0 Å². The van der Waals surface area contributed by atoms with Crippen molar-refractivity contribution < 1.29 is 48.1 Å². The van der Waals surface area contributed by atoms with Crippen LogP contribution in [0.25, 0.3) is 0 Å². The number of nitrogens with one attached hydrogen (secondary N) is 5. The van der Waals surface area contributed by atoms with E-state index >= 15 is 0 Å². The lowest BCUT2D eigenvalue weighted by atomic mass is 10.0. The predicted molar refractivity (Wildman–Crippen MR) is 191 cm³/mol. The maximum absolute atomic E-state index is 13.8. The van der Waals surface area contributed by atoms with Crippen molar-refractivity contribution in [1.82, 2.24) is 21.3 Å². The van der Waals surface area contributed by atoms with Crippen LogP contribution in [-0.4, -0.2) is 77.2 Å². The Labute approximate surface area is 302 Å². The van der Waals surface area contributed by atoms with Gasteiger partial charge in [0.05, 0.1) is 0 Å². The van der Waals surface area contributed by atoms with Crippen molar-refractivity contribution in [3.8, 4) is 0 Å². The molecule has 16 heteroatoms. The molecule has 2 rings (SSSR count). The van der Waals surface area contributed by atoms with Gasteiger partial charge in [-0.1, -0.05) is 42.5 Å². The molecule has 0 radical (unpaired) electrons. The molecule has 3 atom stereocenters. The third-order valence-electron chi connectivity index (χ3n) is 7.30. The summed E-state index contributed by atoms with van der Waals surface area (Å²) in [6.07, 6.45) is -0.572. The Kier molecular flexibility index (Phi) is 17.6. The van der Waals surface area contributed by atoms with E-state index in [0.717, 1.165) is 5.56 Å². The van der Waals surface area contributed by atoms with Crippen molar-refractivity contribution in [2.24, 2.45) is 5.73 Å². The highest BCUT2D eigenvalue weighted by atomic mass is 16.6. The zero-order chi connectivity index (χ0) is 38.7. The van der Waals surface area contributed by atoms with Crippen LogP contribution in [0.1, 0.15) is 77.3 Å². The highest BCUT2D eigenvalue weighted by Crippen LogP contribution is 2.14. The quantitative estimate of drug-likeness (QED) is 0.0984. The van der Waals surface area contributed by atoms with E-state index in [4.69, 9.17) is 20.3 Å². The third kappa shape index (κ3) is 17.8. The molecule has 6 amide bonds. The number of unbranched alkanes of at least 4 members (excludes halogenated alkanes) is 1. The molecule has 0 aliphatic carbocycles. The summed E-state index contributed by atoms with van der Waals surface area (Å²) in [7, 11) is 0. The number of amides is 6. The SMILES string of the molecule is C[C@@H](NC(=O)CCCC(=O)O)C(=O)N[C@@H](Cc1ccccc1)C(=O)N[C@@H](CCCCNC(=O)OC(C)(C)C)C(=O)Nc1ccc(COC(N)=O)cc1. The summed E-state index contributed by atoms with van der Waals surface area (Å²) < 4.78 is 10.0. The molecule has 52 heavy (non-hydrogen) atoms. The van der Waals surface area contributed by atoms with Gasteiger partial charge in [-0.15, -0.1) is 0 Å². The number of hydrogen-bond acceptors (Lipinski definition) is 9. The molecule has 0 spiro atoms. The maximum atomic E-state index is 13.8. The number of ether oxygens (including phenoxy) is 2. The van der Waals surface area contributed by atoms with Gasteiger partial charge >= 0.3 is 18.2 Å². The standard InChI is InChI=1S/C36H50N6O10/c1-23(39-29(43)14-10-15-30(44)45)31(46)42-28(21-24-11-6-5-7-12-24)33(48)41-27(13-8-9-20-38-35(50)52-36(2,3)4)32(47)40-26-18-16-25(17-19-26)22-51-34(37)49/h5-7,11-12,16-19,23,27-28H,8-10,13-15,20-22H2,1-4H3,(H2,37,49)(H,38,50)(H,39,43)(H,40,47)(H,41,48)(H,42,46)(H,44,45)/t23-,27+,28+/m1/s1. The fourth-order valence-corrected chi connectivity index (χ4v) is 4.72. The lowest BCUT2D eigenvalue weighted by Gasteiger charge is -2.25. The van der Waals surface area contributed by atoms with Crippen LogP contribution in [0.5, 0.6) is 0 Å². The van der Waals surface area contributed by atoms with Crippen molar-refractivity contribution in [2.45, 2.75) is 103 Å². The second-order valence-electron chi connectivity index (χ2n) is 13.1. The van der Waals surface area contributed by atoms with E-state index in [1.807, 2.05) is 0 Å². The second-order valence-corrected chi connectivity index (χ2v) is 13.1. The molecular formula is C36H50N6O10. The Morgan fingerprint density at radius 1 is 0.769 bits per heavy atom. The molecule has 0 aromatic heterocycles. The van der Waals surface area contributed by atoms with Gasteiger partial charge in [-0.3, -0.25) is 24.0 Å². The highest BCUT2D eigenvalue weighted by Gasteiger charge is 2.29. The first-order valence-corrected chi connectivity index (χ1v) is 17.0.